The first-order valence-corrected chi connectivity index (χ1v) is 5.67. The van der Waals surface area contributed by atoms with Gasteiger partial charge < -0.3 is 9.47 Å². The number of rotatable bonds is 6. The van der Waals surface area contributed by atoms with Gasteiger partial charge in [-0.15, -0.1) is 0 Å². The third kappa shape index (κ3) is 7.06. The van der Waals surface area contributed by atoms with Gasteiger partial charge in [-0.1, -0.05) is 6.58 Å². The number of hydrogen-bond donors (Lipinski definition) is 1. The molecule has 0 saturated carbocycles. The number of methoxy groups -OCH3 is 1. The second kappa shape index (κ2) is 5.84. The maximum absolute atomic E-state index is 11.1. The van der Waals surface area contributed by atoms with Crippen molar-refractivity contribution in [3.8, 4) is 0 Å². The van der Waals surface area contributed by atoms with Crippen molar-refractivity contribution in [1.29, 1.82) is 0 Å². The summed E-state index contributed by atoms with van der Waals surface area (Å²) in [5.41, 5.74) is 0.145. The molecule has 88 valence electrons. The lowest BCUT2D eigenvalue weighted by Gasteiger charge is -2.15. The van der Waals surface area contributed by atoms with Gasteiger partial charge in [0, 0.05) is 12.7 Å². The third-order valence-electron chi connectivity index (χ3n) is 1.37. The van der Waals surface area contributed by atoms with Crippen LogP contribution in [0.25, 0.3) is 0 Å². The molecule has 0 aliphatic heterocycles. The average molecular weight is 238 g/mol. The first-order chi connectivity index (χ1) is 6.76. The van der Waals surface area contributed by atoms with Crippen molar-refractivity contribution in [2.24, 2.45) is 0 Å². The van der Waals surface area contributed by atoms with Crippen LogP contribution in [0.1, 0.15) is 6.92 Å². The van der Waals surface area contributed by atoms with Gasteiger partial charge in [-0.05, 0) is 6.92 Å². The Labute approximate surface area is 88.6 Å². The minimum absolute atomic E-state index is 0.112. The Hall–Kier alpha value is -0.920. The standard InChI is InChI=1S/C8H14O6S/c1-6(2)8(9)14-7(4-13-3)5-15(10,11)12/h7H,1,4-5H2,2-3H3,(H,10,11,12). The van der Waals surface area contributed by atoms with E-state index in [-0.39, 0.29) is 12.2 Å². The molecule has 0 aromatic heterocycles. The summed E-state index contributed by atoms with van der Waals surface area (Å²) in [5, 5.41) is 0. The van der Waals surface area contributed by atoms with E-state index in [4.69, 9.17) is 9.29 Å². The van der Waals surface area contributed by atoms with Gasteiger partial charge in [0.1, 0.15) is 11.9 Å². The van der Waals surface area contributed by atoms with Gasteiger partial charge in [-0.25, -0.2) is 4.79 Å². The van der Waals surface area contributed by atoms with Gasteiger partial charge in [-0.3, -0.25) is 4.55 Å². The zero-order chi connectivity index (χ0) is 12.1. The Balaban J connectivity index is 4.41. The van der Waals surface area contributed by atoms with E-state index in [0.29, 0.717) is 0 Å². The topological polar surface area (TPSA) is 89.9 Å². The molecule has 0 fully saturated rings. The van der Waals surface area contributed by atoms with Crippen LogP contribution in [0.5, 0.6) is 0 Å². The highest BCUT2D eigenvalue weighted by Gasteiger charge is 2.21. The summed E-state index contributed by atoms with van der Waals surface area (Å²) in [7, 11) is -2.88. The van der Waals surface area contributed by atoms with Crippen LogP contribution >= 0.6 is 0 Å². The maximum Gasteiger partial charge on any atom is 0.333 e. The van der Waals surface area contributed by atoms with Crippen LogP contribution in [0.4, 0.5) is 0 Å². The highest BCUT2D eigenvalue weighted by atomic mass is 32.2. The Kier molecular flexibility index (Phi) is 5.48. The van der Waals surface area contributed by atoms with Crippen LogP contribution in [-0.2, 0) is 24.4 Å². The molecule has 7 heteroatoms. The lowest BCUT2D eigenvalue weighted by molar-refractivity contribution is -0.145. The average Bonchev–Trinajstić information content (AvgIpc) is 2.00. The number of ether oxygens (including phenoxy) is 2. The molecule has 0 aromatic carbocycles. The van der Waals surface area contributed by atoms with Crippen molar-refractivity contribution in [1.82, 2.24) is 0 Å². The Morgan fingerprint density at radius 2 is 2.07 bits per heavy atom. The molecule has 0 bridgehead atoms. The monoisotopic (exact) mass is 238 g/mol. The number of carbonyl (C=O) groups is 1. The molecule has 0 aromatic rings. The van der Waals surface area contributed by atoms with E-state index in [0.717, 1.165) is 0 Å². The van der Waals surface area contributed by atoms with Crippen LogP contribution in [0, 0.1) is 0 Å². The fourth-order valence-electron chi connectivity index (χ4n) is 0.789. The molecule has 0 amide bonds. The molecule has 6 nitrogen and oxygen atoms in total. The second-order valence-electron chi connectivity index (χ2n) is 3.01. The van der Waals surface area contributed by atoms with E-state index in [1.54, 1.807) is 0 Å². The molecule has 0 radical (unpaired) electrons. The summed E-state index contributed by atoms with van der Waals surface area (Å²) in [5.74, 6) is -1.42. The summed E-state index contributed by atoms with van der Waals surface area (Å²) < 4.78 is 39.1. The molecule has 1 N–H and O–H groups in total. The van der Waals surface area contributed by atoms with Crippen molar-refractivity contribution < 1.29 is 27.2 Å². The molecule has 0 aliphatic carbocycles. The lowest BCUT2D eigenvalue weighted by atomic mass is 10.3. The summed E-state index contributed by atoms with van der Waals surface area (Å²) in [4.78, 5) is 11.1. The zero-order valence-corrected chi connectivity index (χ0v) is 9.41. The van der Waals surface area contributed by atoms with Crippen molar-refractivity contribution in [3.05, 3.63) is 12.2 Å². The highest BCUT2D eigenvalue weighted by Crippen LogP contribution is 2.02. The quantitative estimate of drug-likeness (QED) is 0.398. The summed E-state index contributed by atoms with van der Waals surface area (Å²) in [6.07, 6.45) is -1.03. The van der Waals surface area contributed by atoms with E-state index in [2.05, 4.69) is 11.3 Å². The molecular weight excluding hydrogens is 224 g/mol. The Morgan fingerprint density at radius 1 is 1.53 bits per heavy atom. The zero-order valence-electron chi connectivity index (χ0n) is 8.60. The molecule has 15 heavy (non-hydrogen) atoms. The van der Waals surface area contributed by atoms with Gasteiger partial charge in [0.05, 0.1) is 6.61 Å². The van der Waals surface area contributed by atoms with Crippen LogP contribution in [0.15, 0.2) is 12.2 Å². The van der Waals surface area contributed by atoms with Gasteiger partial charge >= 0.3 is 5.97 Å². The molecule has 1 atom stereocenters. The Morgan fingerprint density at radius 3 is 2.40 bits per heavy atom. The van der Waals surface area contributed by atoms with E-state index in [1.807, 2.05) is 0 Å². The molecule has 0 aliphatic rings. The maximum atomic E-state index is 11.1. The van der Waals surface area contributed by atoms with Crippen molar-refractivity contribution in [2.45, 2.75) is 13.0 Å². The molecule has 1 unspecified atom stereocenters. The summed E-state index contributed by atoms with van der Waals surface area (Å²) >= 11 is 0. The fraction of sp³-hybridized carbons (Fsp3) is 0.625. The minimum atomic E-state index is -4.20. The number of carbonyl (C=O) groups excluding carboxylic acids is 1. The van der Waals surface area contributed by atoms with Gasteiger partial charge in [0.25, 0.3) is 10.1 Å². The molecule has 0 saturated heterocycles. The van der Waals surface area contributed by atoms with Crippen LogP contribution in [0.3, 0.4) is 0 Å². The van der Waals surface area contributed by atoms with E-state index in [9.17, 15) is 13.2 Å². The van der Waals surface area contributed by atoms with Crippen molar-refractivity contribution >= 4 is 16.1 Å². The largest absolute Gasteiger partial charge is 0.455 e. The van der Waals surface area contributed by atoms with E-state index < -0.39 is 27.9 Å². The Bertz CT molecular complexity index is 331. The highest BCUT2D eigenvalue weighted by molar-refractivity contribution is 7.85. The number of esters is 1. The molecular formula is C8H14O6S. The minimum Gasteiger partial charge on any atom is -0.455 e. The first kappa shape index (κ1) is 14.1. The first-order valence-electron chi connectivity index (χ1n) is 4.07. The number of hydrogen-bond acceptors (Lipinski definition) is 5. The summed E-state index contributed by atoms with van der Waals surface area (Å²) in [6.45, 7) is 4.66. The molecule has 0 rings (SSSR count). The van der Waals surface area contributed by atoms with Crippen LogP contribution in [-0.4, -0.2) is 44.5 Å². The third-order valence-corrected chi connectivity index (χ3v) is 2.16. The van der Waals surface area contributed by atoms with E-state index in [1.165, 1.54) is 14.0 Å². The van der Waals surface area contributed by atoms with Gasteiger partial charge in [0.2, 0.25) is 0 Å². The second-order valence-corrected chi connectivity index (χ2v) is 4.51. The molecule has 0 spiro atoms. The summed E-state index contributed by atoms with van der Waals surface area (Å²) in [6, 6.07) is 0. The molecule has 0 heterocycles. The van der Waals surface area contributed by atoms with Crippen LogP contribution in [0.2, 0.25) is 0 Å². The SMILES string of the molecule is C=C(C)C(=O)OC(COC)CS(=O)(=O)O. The van der Waals surface area contributed by atoms with E-state index >= 15 is 0 Å². The van der Waals surface area contributed by atoms with Crippen molar-refractivity contribution in [2.75, 3.05) is 19.5 Å². The fourth-order valence-corrected chi connectivity index (χ4v) is 1.42. The smallest absolute Gasteiger partial charge is 0.333 e. The van der Waals surface area contributed by atoms with Gasteiger partial charge in [0.15, 0.2) is 0 Å². The van der Waals surface area contributed by atoms with Gasteiger partial charge in [-0.2, -0.15) is 8.42 Å². The lowest BCUT2D eigenvalue weighted by Crippen LogP contribution is -2.30. The van der Waals surface area contributed by atoms with Crippen LogP contribution < -0.4 is 0 Å². The van der Waals surface area contributed by atoms with Crippen molar-refractivity contribution in [3.63, 3.8) is 0 Å². The normalized spacial score (nSPS) is 13.3. The predicted octanol–water partition coefficient (Wildman–Crippen LogP) is 0.00850. The predicted molar refractivity (Wildman–Crippen MR) is 53.0 cm³/mol.